The average Bonchev–Trinajstić information content (AvgIpc) is 3.27. The maximum atomic E-state index is 12.3. The highest BCUT2D eigenvalue weighted by atomic mass is 16.5. The molecule has 0 saturated carbocycles. The fraction of sp³-hybridized carbons (Fsp3) is 0.280. The number of anilines is 4. The van der Waals surface area contributed by atoms with E-state index in [1.807, 2.05) is 42.5 Å². The van der Waals surface area contributed by atoms with Gasteiger partial charge in [0.05, 0.1) is 18.9 Å². The molecule has 2 fully saturated rings. The summed E-state index contributed by atoms with van der Waals surface area (Å²) < 4.78 is 5.42. The van der Waals surface area contributed by atoms with Crippen LogP contribution in [0.25, 0.3) is 11.3 Å². The molecular formula is C25H26N6O3. The highest BCUT2D eigenvalue weighted by molar-refractivity contribution is 6.03. The molecule has 0 spiro atoms. The summed E-state index contributed by atoms with van der Waals surface area (Å²) in [5, 5.41) is 3.25. The molecule has 1 atom stereocenters. The van der Waals surface area contributed by atoms with Gasteiger partial charge in [0, 0.05) is 48.3 Å². The Hall–Kier alpha value is -3.98. The molecule has 9 nitrogen and oxygen atoms in total. The lowest BCUT2D eigenvalue weighted by molar-refractivity contribution is -0.121. The molecule has 0 bridgehead atoms. The Morgan fingerprint density at radius 1 is 1.00 bits per heavy atom. The van der Waals surface area contributed by atoms with Crippen molar-refractivity contribution in [3.8, 4) is 11.3 Å². The van der Waals surface area contributed by atoms with E-state index in [4.69, 9.17) is 10.5 Å². The highest BCUT2D eigenvalue weighted by Gasteiger charge is 2.35. The van der Waals surface area contributed by atoms with Crippen molar-refractivity contribution in [1.29, 1.82) is 0 Å². The third kappa shape index (κ3) is 4.55. The monoisotopic (exact) mass is 458 g/mol. The highest BCUT2D eigenvalue weighted by Crippen LogP contribution is 2.29. The van der Waals surface area contributed by atoms with Gasteiger partial charge < -0.3 is 20.7 Å². The van der Waals surface area contributed by atoms with Crippen molar-refractivity contribution in [2.45, 2.75) is 18.9 Å². The molecule has 174 valence electrons. The number of carbonyl (C=O) groups excluding carboxylic acids is 2. The van der Waals surface area contributed by atoms with E-state index in [9.17, 15) is 9.59 Å². The number of carbonyl (C=O) groups is 2. The van der Waals surface area contributed by atoms with E-state index < -0.39 is 11.9 Å². The first-order chi connectivity index (χ1) is 16.6. The fourth-order valence-electron chi connectivity index (χ4n) is 4.36. The van der Waals surface area contributed by atoms with E-state index in [0.29, 0.717) is 24.5 Å². The number of hydrogen-bond acceptors (Lipinski definition) is 7. The zero-order valence-electron chi connectivity index (χ0n) is 18.7. The van der Waals surface area contributed by atoms with Crippen LogP contribution in [0.2, 0.25) is 0 Å². The molecule has 2 aromatic carbocycles. The summed E-state index contributed by atoms with van der Waals surface area (Å²) in [5.41, 5.74) is 9.81. The van der Waals surface area contributed by atoms with Crippen LogP contribution in [0.4, 0.5) is 23.0 Å². The number of primary amides is 1. The molecule has 3 aromatic rings. The van der Waals surface area contributed by atoms with Crippen LogP contribution in [0.1, 0.15) is 12.8 Å². The van der Waals surface area contributed by atoms with Crippen LogP contribution in [-0.4, -0.2) is 54.1 Å². The first-order valence-electron chi connectivity index (χ1n) is 11.3. The maximum Gasteiger partial charge on any atom is 0.240 e. The Balaban J connectivity index is 1.29. The molecule has 2 amide bonds. The predicted octanol–water partition coefficient (Wildman–Crippen LogP) is 2.70. The number of aromatic nitrogens is 2. The quantitative estimate of drug-likeness (QED) is 0.584. The zero-order valence-corrected chi connectivity index (χ0v) is 18.7. The first-order valence-corrected chi connectivity index (χ1v) is 11.3. The number of nitrogens with zero attached hydrogens (tertiary/aromatic N) is 4. The van der Waals surface area contributed by atoms with Gasteiger partial charge in [-0.1, -0.05) is 12.1 Å². The number of amides is 2. The zero-order chi connectivity index (χ0) is 23.5. The van der Waals surface area contributed by atoms with Crippen molar-refractivity contribution in [3.05, 3.63) is 60.8 Å². The third-order valence-corrected chi connectivity index (χ3v) is 6.14. The van der Waals surface area contributed by atoms with Crippen LogP contribution in [0.3, 0.4) is 0 Å². The molecule has 9 heteroatoms. The Morgan fingerprint density at radius 2 is 1.71 bits per heavy atom. The van der Waals surface area contributed by atoms with Crippen molar-refractivity contribution < 1.29 is 14.3 Å². The summed E-state index contributed by atoms with van der Waals surface area (Å²) in [4.78, 5) is 36.7. The van der Waals surface area contributed by atoms with Gasteiger partial charge >= 0.3 is 0 Å². The third-order valence-electron chi connectivity index (χ3n) is 6.14. The van der Waals surface area contributed by atoms with Crippen molar-refractivity contribution in [1.82, 2.24) is 9.97 Å². The number of ether oxygens (including phenoxy) is 1. The van der Waals surface area contributed by atoms with E-state index in [0.717, 1.165) is 43.2 Å². The lowest BCUT2D eigenvalue weighted by Gasteiger charge is -2.28. The van der Waals surface area contributed by atoms with Gasteiger partial charge in [0.15, 0.2) is 0 Å². The van der Waals surface area contributed by atoms with Gasteiger partial charge in [-0.3, -0.25) is 14.5 Å². The van der Waals surface area contributed by atoms with E-state index in [1.165, 1.54) is 10.6 Å². The van der Waals surface area contributed by atoms with Gasteiger partial charge in [-0.2, -0.15) is 0 Å². The Bertz CT molecular complexity index is 1180. The second-order valence-corrected chi connectivity index (χ2v) is 8.30. The normalized spacial score (nSPS) is 18.2. The standard InChI is InChI=1S/C25H26N6O3/c26-24(33)22-9-10-23(32)31(22)20-5-1-17(2-6-20)21-11-12-27-25(29-21)28-18-3-7-19(8-4-18)30-13-15-34-16-14-30/h1-8,11-12,22H,9-10,13-16H2,(H2,26,33)(H,27,28,29). The lowest BCUT2D eigenvalue weighted by Crippen LogP contribution is -2.42. The predicted molar refractivity (Wildman–Crippen MR) is 130 cm³/mol. The SMILES string of the molecule is NC(=O)C1CCC(=O)N1c1ccc(-c2ccnc(Nc3ccc(N4CCOCC4)cc3)n2)cc1. The van der Waals surface area contributed by atoms with Crippen LogP contribution in [-0.2, 0) is 14.3 Å². The van der Waals surface area contributed by atoms with Gasteiger partial charge in [0.25, 0.3) is 0 Å². The number of morpholine rings is 1. The van der Waals surface area contributed by atoms with Gasteiger partial charge in [-0.05, 0) is 48.9 Å². The summed E-state index contributed by atoms with van der Waals surface area (Å²) in [6, 6.07) is 16.8. The first kappa shape index (κ1) is 21.8. The van der Waals surface area contributed by atoms with Crippen molar-refractivity contribution in [3.63, 3.8) is 0 Å². The minimum atomic E-state index is -0.595. The Kier molecular flexibility index (Phi) is 6.09. The average molecular weight is 459 g/mol. The van der Waals surface area contributed by atoms with E-state index in [2.05, 4.69) is 32.3 Å². The fourth-order valence-corrected chi connectivity index (χ4v) is 4.36. The number of nitrogens with one attached hydrogen (secondary N) is 1. The maximum absolute atomic E-state index is 12.3. The lowest BCUT2D eigenvalue weighted by atomic mass is 10.1. The van der Waals surface area contributed by atoms with Gasteiger partial charge in [-0.25, -0.2) is 9.97 Å². The molecule has 2 aliphatic rings. The molecule has 2 saturated heterocycles. The van der Waals surface area contributed by atoms with Gasteiger partial charge in [0.2, 0.25) is 17.8 Å². The second kappa shape index (κ2) is 9.48. The summed E-state index contributed by atoms with van der Waals surface area (Å²) in [6.07, 6.45) is 2.47. The minimum Gasteiger partial charge on any atom is -0.378 e. The van der Waals surface area contributed by atoms with Crippen LogP contribution in [0.5, 0.6) is 0 Å². The van der Waals surface area contributed by atoms with Gasteiger partial charge in [-0.15, -0.1) is 0 Å². The molecule has 1 aromatic heterocycles. The number of rotatable bonds is 6. The number of benzene rings is 2. The summed E-state index contributed by atoms with van der Waals surface area (Å²) in [7, 11) is 0. The molecule has 0 radical (unpaired) electrons. The minimum absolute atomic E-state index is 0.0929. The molecule has 0 aliphatic carbocycles. The van der Waals surface area contributed by atoms with Gasteiger partial charge in [0.1, 0.15) is 6.04 Å². The van der Waals surface area contributed by atoms with Crippen molar-refractivity contribution >= 4 is 34.8 Å². The van der Waals surface area contributed by atoms with Crippen LogP contribution >= 0.6 is 0 Å². The molecule has 34 heavy (non-hydrogen) atoms. The summed E-state index contributed by atoms with van der Waals surface area (Å²) >= 11 is 0. The van der Waals surface area contributed by atoms with E-state index in [-0.39, 0.29) is 5.91 Å². The van der Waals surface area contributed by atoms with Crippen molar-refractivity contribution in [2.75, 3.05) is 41.4 Å². The molecule has 2 aliphatic heterocycles. The van der Waals surface area contributed by atoms with E-state index >= 15 is 0 Å². The number of hydrogen-bond donors (Lipinski definition) is 2. The number of nitrogens with two attached hydrogens (primary N) is 1. The summed E-state index contributed by atoms with van der Waals surface area (Å²) in [6.45, 7) is 3.29. The molecule has 5 rings (SSSR count). The van der Waals surface area contributed by atoms with Crippen LogP contribution in [0.15, 0.2) is 60.8 Å². The topological polar surface area (TPSA) is 114 Å². The van der Waals surface area contributed by atoms with Crippen LogP contribution in [0, 0.1) is 0 Å². The molecule has 3 N–H and O–H groups in total. The van der Waals surface area contributed by atoms with Crippen LogP contribution < -0.4 is 20.9 Å². The van der Waals surface area contributed by atoms with E-state index in [1.54, 1.807) is 6.20 Å². The Labute approximate surface area is 197 Å². The molecular weight excluding hydrogens is 432 g/mol. The van der Waals surface area contributed by atoms with Crippen molar-refractivity contribution in [2.24, 2.45) is 5.73 Å². The molecule has 1 unspecified atom stereocenters. The second-order valence-electron chi connectivity index (χ2n) is 8.30. The Morgan fingerprint density at radius 3 is 2.41 bits per heavy atom. The largest absolute Gasteiger partial charge is 0.378 e. The summed E-state index contributed by atoms with van der Waals surface area (Å²) in [5.74, 6) is -0.0895. The smallest absolute Gasteiger partial charge is 0.240 e. The molecule has 3 heterocycles.